The summed E-state index contributed by atoms with van der Waals surface area (Å²) >= 11 is 0. The first kappa shape index (κ1) is 17.8. The Morgan fingerprint density at radius 2 is 1.96 bits per heavy atom. The van der Waals surface area contributed by atoms with Crippen LogP contribution in [0.1, 0.15) is 32.9 Å². The van der Waals surface area contributed by atoms with Crippen molar-refractivity contribution in [3.63, 3.8) is 0 Å². The zero-order valence-corrected chi connectivity index (χ0v) is 14.7. The number of rotatable bonds is 7. The average Bonchev–Trinajstić information content (AvgIpc) is 3.01. The molecule has 0 atom stereocenters. The Kier molecular flexibility index (Phi) is 5.76. The van der Waals surface area contributed by atoms with Gasteiger partial charge in [0.05, 0.1) is 18.8 Å². The van der Waals surface area contributed by atoms with Crippen LogP contribution in [0, 0.1) is 6.92 Å². The van der Waals surface area contributed by atoms with Crippen LogP contribution >= 0.6 is 0 Å². The summed E-state index contributed by atoms with van der Waals surface area (Å²) < 4.78 is 1.67. The van der Waals surface area contributed by atoms with Gasteiger partial charge in [0.2, 0.25) is 0 Å². The highest BCUT2D eigenvalue weighted by atomic mass is 16.3. The van der Waals surface area contributed by atoms with Gasteiger partial charge >= 0.3 is 0 Å². The van der Waals surface area contributed by atoms with Gasteiger partial charge in [-0.05, 0) is 30.5 Å². The van der Waals surface area contributed by atoms with Gasteiger partial charge in [0, 0.05) is 24.5 Å². The highest BCUT2D eigenvalue weighted by Gasteiger charge is 2.10. The van der Waals surface area contributed by atoms with Crippen molar-refractivity contribution in [2.75, 3.05) is 6.61 Å². The number of pyridine rings is 1. The van der Waals surface area contributed by atoms with E-state index in [2.05, 4.69) is 27.5 Å². The summed E-state index contributed by atoms with van der Waals surface area (Å²) in [5.74, 6) is -0.217. The summed E-state index contributed by atoms with van der Waals surface area (Å²) in [5, 5.41) is 16.1. The first-order valence-corrected chi connectivity index (χ1v) is 8.56. The van der Waals surface area contributed by atoms with Crippen LogP contribution in [-0.2, 0) is 19.5 Å². The topological polar surface area (TPSA) is 80.0 Å². The number of aryl methyl sites for hydroxylation is 1. The molecule has 0 spiro atoms. The second-order valence-corrected chi connectivity index (χ2v) is 6.12. The number of amides is 1. The van der Waals surface area contributed by atoms with Crippen LogP contribution in [0.3, 0.4) is 0 Å². The van der Waals surface area contributed by atoms with Crippen molar-refractivity contribution in [1.29, 1.82) is 0 Å². The SMILES string of the molecule is Cc1nn(CCO)cc1CNC(=O)c1ccc(Cc2ccccc2)cn1. The minimum absolute atomic E-state index is 0.0339. The Bertz CT molecular complexity index is 857. The highest BCUT2D eigenvalue weighted by molar-refractivity contribution is 5.92. The first-order valence-electron chi connectivity index (χ1n) is 8.56. The van der Waals surface area contributed by atoms with E-state index in [-0.39, 0.29) is 12.5 Å². The lowest BCUT2D eigenvalue weighted by atomic mass is 10.1. The number of aliphatic hydroxyl groups is 1. The second-order valence-electron chi connectivity index (χ2n) is 6.12. The lowest BCUT2D eigenvalue weighted by Crippen LogP contribution is -2.24. The lowest BCUT2D eigenvalue weighted by Gasteiger charge is -2.05. The second kappa shape index (κ2) is 8.40. The van der Waals surface area contributed by atoms with Gasteiger partial charge in [-0.15, -0.1) is 0 Å². The molecule has 0 aliphatic rings. The van der Waals surface area contributed by atoms with Gasteiger partial charge in [0.15, 0.2) is 0 Å². The van der Waals surface area contributed by atoms with E-state index in [1.165, 1.54) is 5.56 Å². The largest absolute Gasteiger partial charge is 0.394 e. The predicted octanol–water partition coefficient (Wildman–Crippen LogP) is 2.10. The minimum atomic E-state index is -0.217. The normalized spacial score (nSPS) is 10.7. The van der Waals surface area contributed by atoms with Gasteiger partial charge in [0.25, 0.3) is 5.91 Å². The number of carbonyl (C=O) groups excluding carboxylic acids is 1. The lowest BCUT2D eigenvalue weighted by molar-refractivity contribution is 0.0946. The molecule has 2 N–H and O–H groups in total. The Morgan fingerprint density at radius 3 is 2.65 bits per heavy atom. The molecule has 134 valence electrons. The van der Waals surface area contributed by atoms with E-state index < -0.39 is 0 Å². The molecule has 26 heavy (non-hydrogen) atoms. The van der Waals surface area contributed by atoms with Gasteiger partial charge in [-0.2, -0.15) is 5.10 Å². The molecule has 6 nitrogen and oxygen atoms in total. The molecule has 0 bridgehead atoms. The molecule has 0 radical (unpaired) electrons. The molecule has 2 heterocycles. The molecule has 1 amide bonds. The van der Waals surface area contributed by atoms with E-state index in [0.29, 0.717) is 18.8 Å². The number of aromatic nitrogens is 3. The van der Waals surface area contributed by atoms with E-state index >= 15 is 0 Å². The Labute approximate surface area is 152 Å². The van der Waals surface area contributed by atoms with Crippen LogP contribution in [-0.4, -0.2) is 32.4 Å². The van der Waals surface area contributed by atoms with Gasteiger partial charge in [-0.25, -0.2) is 0 Å². The zero-order valence-electron chi connectivity index (χ0n) is 14.7. The number of aliphatic hydroxyl groups excluding tert-OH is 1. The number of hydrogen-bond donors (Lipinski definition) is 2. The summed E-state index contributed by atoms with van der Waals surface area (Å²) in [6.45, 7) is 2.74. The van der Waals surface area contributed by atoms with Crippen LogP contribution in [0.2, 0.25) is 0 Å². The van der Waals surface area contributed by atoms with Crippen molar-refractivity contribution in [3.8, 4) is 0 Å². The maximum atomic E-state index is 12.3. The third-order valence-electron chi connectivity index (χ3n) is 4.12. The smallest absolute Gasteiger partial charge is 0.270 e. The van der Waals surface area contributed by atoms with Crippen molar-refractivity contribution in [3.05, 3.63) is 82.9 Å². The van der Waals surface area contributed by atoms with Gasteiger partial charge in [-0.1, -0.05) is 36.4 Å². The van der Waals surface area contributed by atoms with Gasteiger partial charge in [0.1, 0.15) is 5.69 Å². The summed E-state index contributed by atoms with van der Waals surface area (Å²) in [5.41, 5.74) is 4.43. The summed E-state index contributed by atoms with van der Waals surface area (Å²) in [4.78, 5) is 16.6. The average molecular weight is 350 g/mol. The molecule has 1 aromatic carbocycles. The Balaban J connectivity index is 1.58. The fourth-order valence-electron chi connectivity index (χ4n) is 2.71. The third-order valence-corrected chi connectivity index (χ3v) is 4.12. The van der Waals surface area contributed by atoms with Crippen molar-refractivity contribution < 1.29 is 9.90 Å². The standard InChI is InChI=1S/C20H22N4O2/c1-15-18(14-24(23-15)9-10-25)13-22-20(26)19-8-7-17(12-21-19)11-16-5-3-2-4-6-16/h2-8,12,14,25H,9-11,13H2,1H3,(H,22,26). The van der Waals surface area contributed by atoms with E-state index in [0.717, 1.165) is 23.2 Å². The van der Waals surface area contributed by atoms with E-state index in [4.69, 9.17) is 5.11 Å². The molecule has 3 aromatic rings. The number of hydrogen-bond acceptors (Lipinski definition) is 4. The summed E-state index contributed by atoms with van der Waals surface area (Å²) in [6, 6.07) is 13.8. The fourth-order valence-corrected chi connectivity index (χ4v) is 2.71. The van der Waals surface area contributed by atoms with Crippen molar-refractivity contribution in [1.82, 2.24) is 20.1 Å². The first-order chi connectivity index (χ1) is 12.7. The molecule has 0 unspecified atom stereocenters. The van der Waals surface area contributed by atoms with Gasteiger partial charge < -0.3 is 10.4 Å². The number of benzene rings is 1. The molecular formula is C20H22N4O2. The molecule has 6 heteroatoms. The summed E-state index contributed by atoms with van der Waals surface area (Å²) in [7, 11) is 0. The van der Waals surface area contributed by atoms with Crippen LogP contribution < -0.4 is 5.32 Å². The van der Waals surface area contributed by atoms with E-state index in [1.807, 2.05) is 37.4 Å². The molecular weight excluding hydrogens is 328 g/mol. The minimum Gasteiger partial charge on any atom is -0.394 e. The number of carbonyl (C=O) groups is 1. The van der Waals surface area contributed by atoms with Gasteiger partial charge in [-0.3, -0.25) is 14.5 Å². The van der Waals surface area contributed by atoms with Crippen LogP contribution in [0.5, 0.6) is 0 Å². The summed E-state index contributed by atoms with van der Waals surface area (Å²) in [6.07, 6.45) is 4.37. The predicted molar refractivity (Wildman–Crippen MR) is 98.7 cm³/mol. The van der Waals surface area contributed by atoms with E-state index in [9.17, 15) is 4.79 Å². The van der Waals surface area contributed by atoms with Crippen molar-refractivity contribution in [2.24, 2.45) is 0 Å². The molecule has 0 saturated carbocycles. The van der Waals surface area contributed by atoms with Crippen LogP contribution in [0.4, 0.5) is 0 Å². The van der Waals surface area contributed by atoms with Crippen LogP contribution in [0.15, 0.2) is 54.9 Å². The molecule has 0 aliphatic carbocycles. The number of nitrogens with one attached hydrogen (secondary N) is 1. The maximum Gasteiger partial charge on any atom is 0.270 e. The monoisotopic (exact) mass is 350 g/mol. The molecule has 3 rings (SSSR count). The quantitative estimate of drug-likeness (QED) is 0.684. The Morgan fingerprint density at radius 1 is 1.15 bits per heavy atom. The number of nitrogens with zero attached hydrogens (tertiary/aromatic N) is 3. The molecule has 2 aromatic heterocycles. The molecule has 0 saturated heterocycles. The van der Waals surface area contributed by atoms with Crippen molar-refractivity contribution in [2.45, 2.75) is 26.4 Å². The highest BCUT2D eigenvalue weighted by Crippen LogP contribution is 2.09. The fraction of sp³-hybridized carbons (Fsp3) is 0.250. The van der Waals surface area contributed by atoms with E-state index in [1.54, 1.807) is 16.9 Å². The van der Waals surface area contributed by atoms with Crippen LogP contribution in [0.25, 0.3) is 0 Å². The maximum absolute atomic E-state index is 12.3. The molecule has 0 fully saturated rings. The zero-order chi connectivity index (χ0) is 18.4. The Hall–Kier alpha value is -2.99. The third kappa shape index (κ3) is 4.55. The molecule has 0 aliphatic heterocycles. The van der Waals surface area contributed by atoms with Crippen molar-refractivity contribution >= 4 is 5.91 Å².